The third-order valence-corrected chi connectivity index (χ3v) is 5.02. The molecule has 19 heavy (non-hydrogen) atoms. The minimum Gasteiger partial charge on any atom is -0.314 e. The van der Waals surface area contributed by atoms with Gasteiger partial charge in [0.2, 0.25) is 10.0 Å². The van der Waals surface area contributed by atoms with Crippen LogP contribution in [0.3, 0.4) is 0 Å². The summed E-state index contributed by atoms with van der Waals surface area (Å²) in [5.74, 6) is 0.833. The summed E-state index contributed by atoms with van der Waals surface area (Å²) in [5, 5.41) is 9.69. The fraction of sp³-hybridized carbons (Fsp3) is 0.750. The molecule has 0 atom stereocenters. The summed E-state index contributed by atoms with van der Waals surface area (Å²) in [6.07, 6.45) is 4.64. The van der Waals surface area contributed by atoms with Crippen molar-refractivity contribution in [3.8, 4) is 0 Å². The van der Waals surface area contributed by atoms with Gasteiger partial charge in [-0.05, 0) is 32.7 Å². The molecule has 0 aliphatic heterocycles. The Morgan fingerprint density at radius 1 is 1.42 bits per heavy atom. The van der Waals surface area contributed by atoms with E-state index in [1.165, 1.54) is 12.8 Å². The van der Waals surface area contributed by atoms with Crippen LogP contribution in [0.4, 0.5) is 0 Å². The molecule has 7 heteroatoms. The van der Waals surface area contributed by atoms with Crippen LogP contribution in [-0.4, -0.2) is 32.2 Å². The zero-order valence-corrected chi connectivity index (χ0v) is 12.3. The highest BCUT2D eigenvalue weighted by Crippen LogP contribution is 2.33. The Balaban J connectivity index is 1.98. The number of rotatable bonds is 8. The molecule has 0 amide bonds. The largest absolute Gasteiger partial charge is 0.314 e. The molecule has 1 saturated carbocycles. The SMILES string of the molecule is CNCc1n[nH]c(C)c1S(=O)(=O)NCCCC1CC1. The first kappa shape index (κ1) is 14.5. The van der Waals surface area contributed by atoms with Crippen LogP contribution in [-0.2, 0) is 16.6 Å². The summed E-state index contributed by atoms with van der Waals surface area (Å²) in [4.78, 5) is 0.285. The van der Waals surface area contributed by atoms with Gasteiger partial charge in [-0.3, -0.25) is 5.10 Å². The van der Waals surface area contributed by atoms with Crippen LogP contribution in [0.25, 0.3) is 0 Å². The lowest BCUT2D eigenvalue weighted by atomic mass is 10.2. The molecule has 2 rings (SSSR count). The van der Waals surface area contributed by atoms with Crippen LogP contribution in [0.2, 0.25) is 0 Å². The predicted octanol–water partition coefficient (Wildman–Crippen LogP) is 0.906. The fourth-order valence-corrected chi connectivity index (χ4v) is 3.62. The third kappa shape index (κ3) is 3.77. The Hall–Kier alpha value is -0.920. The highest BCUT2D eigenvalue weighted by atomic mass is 32.2. The van der Waals surface area contributed by atoms with Crippen molar-refractivity contribution in [2.24, 2.45) is 5.92 Å². The van der Waals surface area contributed by atoms with E-state index in [1.807, 2.05) is 0 Å². The van der Waals surface area contributed by atoms with E-state index in [-0.39, 0.29) is 4.90 Å². The standard InChI is InChI=1S/C12H22N4O2S/c1-9-12(11(8-13-2)16-15-9)19(17,18)14-7-3-4-10-5-6-10/h10,13-14H,3-8H2,1-2H3,(H,15,16). The number of aromatic nitrogens is 2. The molecule has 108 valence electrons. The van der Waals surface area contributed by atoms with E-state index in [0.717, 1.165) is 18.8 Å². The molecule has 1 aromatic heterocycles. The molecule has 1 aliphatic carbocycles. The molecule has 1 aromatic rings. The highest BCUT2D eigenvalue weighted by Gasteiger charge is 2.24. The first-order valence-electron chi connectivity index (χ1n) is 6.72. The molecule has 1 fully saturated rings. The zero-order chi connectivity index (χ0) is 13.9. The molecule has 0 unspecified atom stereocenters. The molecule has 0 bridgehead atoms. The maximum absolute atomic E-state index is 12.3. The molecule has 3 N–H and O–H groups in total. The van der Waals surface area contributed by atoms with Gasteiger partial charge in [-0.15, -0.1) is 0 Å². The Bertz CT molecular complexity index is 520. The molecule has 0 radical (unpaired) electrons. The maximum Gasteiger partial charge on any atom is 0.244 e. The number of nitrogens with one attached hydrogen (secondary N) is 3. The van der Waals surface area contributed by atoms with Crippen LogP contribution in [0.15, 0.2) is 4.90 Å². The molecule has 0 saturated heterocycles. The van der Waals surface area contributed by atoms with Gasteiger partial charge in [0, 0.05) is 13.1 Å². The lowest BCUT2D eigenvalue weighted by Gasteiger charge is -2.07. The van der Waals surface area contributed by atoms with E-state index < -0.39 is 10.0 Å². The first-order valence-corrected chi connectivity index (χ1v) is 8.21. The number of aromatic amines is 1. The van der Waals surface area contributed by atoms with E-state index in [1.54, 1.807) is 14.0 Å². The smallest absolute Gasteiger partial charge is 0.244 e. The van der Waals surface area contributed by atoms with Gasteiger partial charge in [0.1, 0.15) is 4.90 Å². The van der Waals surface area contributed by atoms with E-state index in [9.17, 15) is 8.42 Å². The van der Waals surface area contributed by atoms with Gasteiger partial charge < -0.3 is 5.32 Å². The molecule has 1 aliphatic rings. The second kappa shape index (κ2) is 6.02. The Morgan fingerprint density at radius 3 is 2.79 bits per heavy atom. The van der Waals surface area contributed by atoms with Crippen molar-refractivity contribution in [3.63, 3.8) is 0 Å². The average molecular weight is 286 g/mol. The van der Waals surface area contributed by atoms with Crippen molar-refractivity contribution < 1.29 is 8.42 Å². The summed E-state index contributed by atoms with van der Waals surface area (Å²) in [6, 6.07) is 0. The van der Waals surface area contributed by atoms with Gasteiger partial charge in [-0.25, -0.2) is 13.1 Å². The molecule has 1 heterocycles. The van der Waals surface area contributed by atoms with E-state index in [0.29, 0.717) is 24.5 Å². The van der Waals surface area contributed by atoms with Crippen molar-refractivity contribution in [2.45, 2.75) is 44.0 Å². The van der Waals surface area contributed by atoms with E-state index in [2.05, 4.69) is 20.2 Å². The molecule has 0 aromatic carbocycles. The van der Waals surface area contributed by atoms with Gasteiger partial charge in [0.05, 0.1) is 11.4 Å². The third-order valence-electron chi connectivity index (χ3n) is 3.35. The maximum atomic E-state index is 12.3. The predicted molar refractivity (Wildman–Crippen MR) is 73.2 cm³/mol. The summed E-state index contributed by atoms with van der Waals surface area (Å²) < 4.78 is 27.2. The summed E-state index contributed by atoms with van der Waals surface area (Å²) in [5.41, 5.74) is 1.12. The average Bonchev–Trinajstić information content (AvgIpc) is 3.09. The van der Waals surface area contributed by atoms with Crippen molar-refractivity contribution in [1.82, 2.24) is 20.2 Å². The van der Waals surface area contributed by atoms with Gasteiger partial charge in [0.15, 0.2) is 0 Å². The normalized spacial score (nSPS) is 15.9. The number of aryl methyl sites for hydroxylation is 1. The minimum atomic E-state index is -3.46. The second-order valence-corrected chi connectivity index (χ2v) is 6.84. The van der Waals surface area contributed by atoms with Gasteiger partial charge in [-0.1, -0.05) is 12.8 Å². The van der Waals surface area contributed by atoms with Gasteiger partial charge >= 0.3 is 0 Å². The fourth-order valence-electron chi connectivity index (χ4n) is 2.19. The summed E-state index contributed by atoms with van der Waals surface area (Å²) >= 11 is 0. The Morgan fingerprint density at radius 2 is 2.16 bits per heavy atom. The first-order chi connectivity index (χ1) is 9.04. The topological polar surface area (TPSA) is 86.9 Å². The lowest BCUT2D eigenvalue weighted by Crippen LogP contribution is -2.26. The molecule has 6 nitrogen and oxygen atoms in total. The quantitative estimate of drug-likeness (QED) is 0.620. The minimum absolute atomic E-state index is 0.285. The number of hydrogen-bond donors (Lipinski definition) is 3. The highest BCUT2D eigenvalue weighted by molar-refractivity contribution is 7.89. The number of hydrogen-bond acceptors (Lipinski definition) is 4. The number of H-pyrrole nitrogens is 1. The molecule has 0 spiro atoms. The van der Waals surface area contributed by atoms with Crippen molar-refractivity contribution in [3.05, 3.63) is 11.4 Å². The van der Waals surface area contributed by atoms with Crippen molar-refractivity contribution in [2.75, 3.05) is 13.6 Å². The van der Waals surface area contributed by atoms with Crippen LogP contribution >= 0.6 is 0 Å². The summed E-state index contributed by atoms with van der Waals surface area (Å²) in [7, 11) is -1.69. The van der Waals surface area contributed by atoms with Gasteiger partial charge in [0.25, 0.3) is 0 Å². The lowest BCUT2D eigenvalue weighted by molar-refractivity contribution is 0.570. The molecular formula is C12H22N4O2S. The number of nitrogens with zero attached hydrogens (tertiary/aromatic N) is 1. The van der Waals surface area contributed by atoms with E-state index >= 15 is 0 Å². The van der Waals surface area contributed by atoms with Crippen molar-refractivity contribution >= 4 is 10.0 Å². The summed E-state index contributed by atoms with van der Waals surface area (Å²) in [6.45, 7) is 2.66. The van der Waals surface area contributed by atoms with Crippen LogP contribution < -0.4 is 10.0 Å². The Labute approximate surface area is 114 Å². The zero-order valence-electron chi connectivity index (χ0n) is 11.5. The van der Waals surface area contributed by atoms with Crippen molar-refractivity contribution in [1.29, 1.82) is 0 Å². The van der Waals surface area contributed by atoms with Gasteiger partial charge in [-0.2, -0.15) is 5.10 Å². The number of sulfonamides is 1. The Kier molecular flexibility index (Phi) is 4.59. The monoisotopic (exact) mass is 286 g/mol. The second-order valence-electron chi connectivity index (χ2n) is 5.14. The molecular weight excluding hydrogens is 264 g/mol. The van der Waals surface area contributed by atoms with Crippen LogP contribution in [0.5, 0.6) is 0 Å². The van der Waals surface area contributed by atoms with E-state index in [4.69, 9.17) is 0 Å². The van der Waals surface area contributed by atoms with Crippen LogP contribution in [0.1, 0.15) is 37.1 Å². The van der Waals surface area contributed by atoms with Crippen LogP contribution in [0, 0.1) is 12.8 Å².